The molecule has 2 aliphatic heterocycles. The first-order valence-corrected chi connectivity index (χ1v) is 12.0. The number of amides is 2. The molecule has 2 saturated heterocycles. The van der Waals surface area contributed by atoms with E-state index in [9.17, 15) is 24.0 Å². The third-order valence-corrected chi connectivity index (χ3v) is 7.37. The van der Waals surface area contributed by atoms with Crippen LogP contribution in [0.4, 0.5) is 0 Å². The minimum Gasteiger partial charge on any atom is -0.496 e. The summed E-state index contributed by atoms with van der Waals surface area (Å²) in [6.45, 7) is 2.90. The van der Waals surface area contributed by atoms with E-state index in [2.05, 4.69) is 5.32 Å². The van der Waals surface area contributed by atoms with Crippen molar-refractivity contribution in [1.82, 2.24) is 10.2 Å². The van der Waals surface area contributed by atoms with Crippen LogP contribution in [0.2, 0.25) is 0 Å². The first-order chi connectivity index (χ1) is 17.0. The molecule has 0 saturated carbocycles. The zero-order chi connectivity index (χ0) is 26.6. The zero-order valence-corrected chi connectivity index (χ0v) is 21.1. The van der Waals surface area contributed by atoms with Crippen LogP contribution in [0.1, 0.15) is 43.5 Å². The fourth-order valence-electron chi connectivity index (χ4n) is 4.10. The quantitative estimate of drug-likeness (QED) is 0.243. The molecule has 36 heavy (non-hydrogen) atoms. The van der Waals surface area contributed by atoms with Crippen molar-refractivity contribution in [2.24, 2.45) is 0 Å². The second kappa shape index (κ2) is 11.1. The SMILES string of the molecule is COc1cccc(OC)c1C(=O)NC1C(=O)N2[C@@H]1SC(C)(C)[C@@H]2C(=O)OCOC(=O)CCCC(=O)O. The van der Waals surface area contributed by atoms with E-state index >= 15 is 0 Å². The molecule has 2 aliphatic rings. The molecule has 1 unspecified atom stereocenters. The molecule has 0 spiro atoms. The molecular formula is C23H28N2O10S. The van der Waals surface area contributed by atoms with E-state index in [0.29, 0.717) is 0 Å². The number of esters is 2. The maximum absolute atomic E-state index is 13.0. The number of fused-ring (bicyclic) bond motifs is 1. The van der Waals surface area contributed by atoms with Gasteiger partial charge in [0.1, 0.15) is 34.5 Å². The Bertz CT molecular complexity index is 1040. The van der Waals surface area contributed by atoms with Gasteiger partial charge in [0.05, 0.1) is 14.2 Å². The minimum atomic E-state index is -1.03. The lowest BCUT2D eigenvalue weighted by atomic mass is 9.95. The van der Waals surface area contributed by atoms with Crippen molar-refractivity contribution in [3.05, 3.63) is 23.8 Å². The fourth-order valence-corrected chi connectivity index (χ4v) is 5.72. The first kappa shape index (κ1) is 27.1. The monoisotopic (exact) mass is 524 g/mol. The second-order valence-corrected chi connectivity index (χ2v) is 10.4. The van der Waals surface area contributed by atoms with Gasteiger partial charge in [-0.15, -0.1) is 11.8 Å². The van der Waals surface area contributed by atoms with E-state index in [1.807, 2.05) is 0 Å². The minimum absolute atomic E-state index is 0.103. The summed E-state index contributed by atoms with van der Waals surface area (Å²) in [5.74, 6) is -2.91. The van der Waals surface area contributed by atoms with Gasteiger partial charge in [-0.25, -0.2) is 4.79 Å². The first-order valence-electron chi connectivity index (χ1n) is 11.1. The summed E-state index contributed by atoms with van der Waals surface area (Å²) in [6, 6.07) is 3.04. The summed E-state index contributed by atoms with van der Waals surface area (Å²) < 4.78 is 19.7. The van der Waals surface area contributed by atoms with Crippen LogP contribution in [0.3, 0.4) is 0 Å². The predicted molar refractivity (Wildman–Crippen MR) is 125 cm³/mol. The topological polar surface area (TPSA) is 158 Å². The third-order valence-electron chi connectivity index (χ3n) is 5.80. The maximum atomic E-state index is 13.0. The van der Waals surface area contributed by atoms with Crippen molar-refractivity contribution in [2.75, 3.05) is 21.0 Å². The molecule has 0 aliphatic carbocycles. The number of ether oxygens (including phenoxy) is 4. The van der Waals surface area contributed by atoms with Gasteiger partial charge in [-0.3, -0.25) is 19.2 Å². The molecule has 1 aromatic rings. The smallest absolute Gasteiger partial charge is 0.333 e. The number of methoxy groups -OCH3 is 2. The molecule has 196 valence electrons. The van der Waals surface area contributed by atoms with E-state index < -0.39 is 58.7 Å². The van der Waals surface area contributed by atoms with Crippen LogP contribution in [-0.2, 0) is 28.7 Å². The van der Waals surface area contributed by atoms with Crippen molar-refractivity contribution in [3.8, 4) is 11.5 Å². The molecule has 0 bridgehead atoms. The number of carbonyl (C=O) groups is 5. The number of β-lactam (4-membered cyclic amide) rings is 1. The van der Waals surface area contributed by atoms with Crippen molar-refractivity contribution in [2.45, 2.75) is 55.3 Å². The van der Waals surface area contributed by atoms with E-state index in [4.69, 9.17) is 24.1 Å². The Hall–Kier alpha value is -3.48. The lowest BCUT2D eigenvalue weighted by molar-refractivity contribution is -0.176. The van der Waals surface area contributed by atoms with Crippen LogP contribution < -0.4 is 14.8 Å². The van der Waals surface area contributed by atoms with Crippen molar-refractivity contribution in [1.29, 1.82) is 0 Å². The molecule has 2 amide bonds. The van der Waals surface area contributed by atoms with Gasteiger partial charge >= 0.3 is 17.9 Å². The Balaban J connectivity index is 1.61. The molecule has 2 fully saturated rings. The van der Waals surface area contributed by atoms with Crippen LogP contribution >= 0.6 is 11.8 Å². The number of hydrogen-bond donors (Lipinski definition) is 2. The Labute approximate surface area is 211 Å². The highest BCUT2D eigenvalue weighted by atomic mass is 32.2. The Morgan fingerprint density at radius 2 is 1.72 bits per heavy atom. The van der Waals surface area contributed by atoms with Gasteiger partial charge in [0, 0.05) is 17.6 Å². The van der Waals surface area contributed by atoms with Crippen LogP contribution in [-0.4, -0.2) is 82.9 Å². The van der Waals surface area contributed by atoms with Crippen molar-refractivity contribution < 1.29 is 48.0 Å². The molecule has 12 nitrogen and oxygen atoms in total. The van der Waals surface area contributed by atoms with Gasteiger partial charge in [-0.1, -0.05) is 6.07 Å². The number of aliphatic carboxylic acids is 1. The second-order valence-electron chi connectivity index (χ2n) is 8.59. The Kier molecular flexibility index (Phi) is 8.33. The molecule has 0 aromatic heterocycles. The van der Waals surface area contributed by atoms with E-state index in [0.717, 1.165) is 0 Å². The highest BCUT2D eigenvalue weighted by Crippen LogP contribution is 2.51. The number of nitrogens with one attached hydrogen (secondary N) is 1. The lowest BCUT2D eigenvalue weighted by Crippen LogP contribution is -2.70. The van der Waals surface area contributed by atoms with E-state index in [-0.39, 0.29) is 36.3 Å². The Morgan fingerprint density at radius 3 is 2.31 bits per heavy atom. The fraction of sp³-hybridized carbons (Fsp3) is 0.522. The molecule has 2 heterocycles. The number of benzene rings is 1. The number of rotatable bonds is 11. The van der Waals surface area contributed by atoms with Crippen molar-refractivity contribution in [3.63, 3.8) is 0 Å². The number of carbonyl (C=O) groups excluding carboxylic acids is 4. The summed E-state index contributed by atoms with van der Waals surface area (Å²) >= 11 is 1.34. The third kappa shape index (κ3) is 5.50. The number of carboxylic acid groups (broad SMARTS) is 1. The Morgan fingerprint density at radius 1 is 1.08 bits per heavy atom. The van der Waals surface area contributed by atoms with Crippen LogP contribution in [0.5, 0.6) is 11.5 Å². The molecule has 0 radical (unpaired) electrons. The van der Waals surface area contributed by atoms with Gasteiger partial charge in [0.15, 0.2) is 0 Å². The molecule has 1 aromatic carbocycles. The zero-order valence-electron chi connectivity index (χ0n) is 20.3. The summed E-state index contributed by atoms with van der Waals surface area (Å²) in [5, 5.41) is 10.8. The lowest BCUT2D eigenvalue weighted by Gasteiger charge is -2.43. The number of thioether (sulfide) groups is 1. The van der Waals surface area contributed by atoms with E-state index in [1.54, 1.807) is 32.0 Å². The standard InChI is InChI=1S/C23H28N2O10S/c1-23(2)18(22(31)35-11-34-15(28)10-6-9-14(26)27)25-20(30)17(21(25)36-23)24-19(29)16-12(32-3)7-5-8-13(16)33-4/h5,7-8,17-18,21H,6,9-11H2,1-4H3,(H,24,29)(H,26,27)/t17?,18-,21+/m0/s1. The summed E-state index contributed by atoms with van der Waals surface area (Å²) in [5.41, 5.74) is 0.150. The highest BCUT2D eigenvalue weighted by Gasteiger charge is 2.64. The molecular weight excluding hydrogens is 496 g/mol. The van der Waals surface area contributed by atoms with Gasteiger partial charge in [-0.05, 0) is 32.4 Å². The number of carboxylic acids is 1. The number of hydrogen-bond acceptors (Lipinski definition) is 10. The average molecular weight is 525 g/mol. The molecule has 2 N–H and O–H groups in total. The van der Waals surface area contributed by atoms with Crippen LogP contribution in [0.25, 0.3) is 0 Å². The molecule has 3 rings (SSSR count). The van der Waals surface area contributed by atoms with Gasteiger partial charge < -0.3 is 34.3 Å². The van der Waals surface area contributed by atoms with Crippen molar-refractivity contribution >= 4 is 41.5 Å². The van der Waals surface area contributed by atoms with E-state index in [1.165, 1.54) is 30.9 Å². The average Bonchev–Trinajstić information content (AvgIpc) is 3.09. The van der Waals surface area contributed by atoms with Crippen LogP contribution in [0.15, 0.2) is 18.2 Å². The molecule has 3 atom stereocenters. The normalized spacial score (nSPS) is 21.6. The summed E-state index contributed by atoms with van der Waals surface area (Å²) in [6.07, 6.45) is -0.200. The molecule has 13 heteroatoms. The predicted octanol–water partition coefficient (Wildman–Crippen LogP) is 1.16. The van der Waals surface area contributed by atoms with Gasteiger partial charge in [0.25, 0.3) is 5.91 Å². The summed E-state index contributed by atoms with van der Waals surface area (Å²) in [4.78, 5) is 62.3. The summed E-state index contributed by atoms with van der Waals surface area (Å²) in [7, 11) is 2.83. The highest BCUT2D eigenvalue weighted by molar-refractivity contribution is 8.01. The van der Waals surface area contributed by atoms with Gasteiger partial charge in [-0.2, -0.15) is 0 Å². The number of nitrogens with zero attached hydrogens (tertiary/aromatic N) is 1. The van der Waals surface area contributed by atoms with Crippen LogP contribution in [0, 0.1) is 0 Å². The maximum Gasteiger partial charge on any atom is 0.333 e. The van der Waals surface area contributed by atoms with Gasteiger partial charge in [0.2, 0.25) is 12.7 Å². The largest absolute Gasteiger partial charge is 0.496 e.